The number of guanidine groups is 1. The number of hydrogen-bond donors (Lipinski definition) is 1. The molecular weight excluding hydrogens is 332 g/mol. The molecule has 0 aromatic heterocycles. The third-order valence-corrected chi connectivity index (χ3v) is 2.08. The molecule has 0 amide bonds. The molecule has 1 rings (SSSR count). The number of nitrogens with one attached hydrogen (secondary N) is 1. The summed E-state index contributed by atoms with van der Waals surface area (Å²) in [5.74, 6) is 0.624. The van der Waals surface area contributed by atoms with Gasteiger partial charge in [0, 0.05) is 20.6 Å². The number of nitrogens with zero attached hydrogens (tertiary/aromatic N) is 2. The highest BCUT2D eigenvalue weighted by molar-refractivity contribution is 14.0. The third kappa shape index (κ3) is 5.86. The second-order valence-corrected chi connectivity index (χ2v) is 3.69. The van der Waals surface area contributed by atoms with E-state index in [1.807, 2.05) is 25.9 Å². The Morgan fingerprint density at radius 2 is 1.88 bits per heavy atom. The van der Waals surface area contributed by atoms with Gasteiger partial charge in [-0.3, -0.25) is 0 Å². The SMILES string of the molecule is CCNC(=NCc1ccc(F)cc1)N(C)C.I. The summed E-state index contributed by atoms with van der Waals surface area (Å²) in [6.45, 7) is 3.41. The van der Waals surface area contributed by atoms with E-state index in [0.717, 1.165) is 18.1 Å². The summed E-state index contributed by atoms with van der Waals surface area (Å²) < 4.78 is 12.7. The molecule has 0 saturated carbocycles. The topological polar surface area (TPSA) is 27.6 Å². The Labute approximate surface area is 119 Å². The molecule has 0 saturated heterocycles. The smallest absolute Gasteiger partial charge is 0.193 e. The van der Waals surface area contributed by atoms with Gasteiger partial charge in [0.25, 0.3) is 0 Å². The van der Waals surface area contributed by atoms with Crippen LogP contribution in [-0.2, 0) is 6.54 Å². The molecule has 0 atom stereocenters. The van der Waals surface area contributed by atoms with Crippen molar-refractivity contribution in [3.63, 3.8) is 0 Å². The van der Waals surface area contributed by atoms with Crippen molar-refractivity contribution in [2.75, 3.05) is 20.6 Å². The van der Waals surface area contributed by atoms with Crippen LogP contribution in [0.15, 0.2) is 29.3 Å². The molecule has 1 aromatic carbocycles. The van der Waals surface area contributed by atoms with E-state index in [2.05, 4.69) is 10.3 Å². The van der Waals surface area contributed by atoms with Crippen LogP contribution in [-0.4, -0.2) is 31.5 Å². The minimum Gasteiger partial charge on any atom is -0.357 e. The monoisotopic (exact) mass is 351 g/mol. The van der Waals surface area contributed by atoms with Crippen LogP contribution in [0.5, 0.6) is 0 Å². The molecule has 1 N–H and O–H groups in total. The number of hydrogen-bond acceptors (Lipinski definition) is 1. The molecular formula is C12H19FIN3. The molecule has 3 nitrogen and oxygen atoms in total. The summed E-state index contributed by atoms with van der Waals surface area (Å²) in [6, 6.07) is 6.40. The van der Waals surface area contributed by atoms with Gasteiger partial charge >= 0.3 is 0 Å². The van der Waals surface area contributed by atoms with E-state index in [0.29, 0.717) is 6.54 Å². The fourth-order valence-electron chi connectivity index (χ4n) is 1.27. The van der Waals surface area contributed by atoms with Gasteiger partial charge in [0.05, 0.1) is 6.54 Å². The highest BCUT2D eigenvalue weighted by Gasteiger charge is 1.99. The van der Waals surface area contributed by atoms with Crippen molar-refractivity contribution in [1.29, 1.82) is 0 Å². The van der Waals surface area contributed by atoms with E-state index in [4.69, 9.17) is 0 Å². The maximum Gasteiger partial charge on any atom is 0.193 e. The second kappa shape index (κ2) is 8.27. The Kier molecular flexibility index (Phi) is 7.86. The molecule has 0 heterocycles. The molecule has 0 aliphatic rings. The van der Waals surface area contributed by atoms with Crippen LogP contribution in [0.25, 0.3) is 0 Å². The lowest BCUT2D eigenvalue weighted by atomic mass is 10.2. The Hall–Kier alpha value is -0.850. The first-order valence-corrected chi connectivity index (χ1v) is 5.33. The highest BCUT2D eigenvalue weighted by atomic mass is 127. The van der Waals surface area contributed by atoms with E-state index in [-0.39, 0.29) is 29.8 Å². The van der Waals surface area contributed by atoms with Crippen LogP contribution in [0.3, 0.4) is 0 Å². The average Bonchev–Trinajstić information content (AvgIpc) is 2.26. The van der Waals surface area contributed by atoms with Gasteiger partial charge in [-0.1, -0.05) is 12.1 Å². The van der Waals surface area contributed by atoms with Crippen molar-refractivity contribution in [3.05, 3.63) is 35.6 Å². The van der Waals surface area contributed by atoms with Crippen LogP contribution in [0.2, 0.25) is 0 Å². The van der Waals surface area contributed by atoms with Crippen molar-refractivity contribution >= 4 is 29.9 Å². The zero-order valence-electron chi connectivity index (χ0n) is 10.4. The molecule has 0 aliphatic heterocycles. The van der Waals surface area contributed by atoms with Gasteiger partial charge in [0.2, 0.25) is 0 Å². The maximum atomic E-state index is 12.7. The van der Waals surface area contributed by atoms with E-state index in [9.17, 15) is 4.39 Å². The Morgan fingerprint density at radius 1 is 1.29 bits per heavy atom. The summed E-state index contributed by atoms with van der Waals surface area (Å²) in [6.07, 6.45) is 0. The molecule has 17 heavy (non-hydrogen) atoms. The van der Waals surface area contributed by atoms with Gasteiger partial charge in [0.1, 0.15) is 5.82 Å². The number of aliphatic imine (C=N–C) groups is 1. The molecule has 0 bridgehead atoms. The molecule has 5 heteroatoms. The first kappa shape index (κ1) is 16.1. The van der Waals surface area contributed by atoms with E-state index in [1.165, 1.54) is 12.1 Å². The molecule has 0 unspecified atom stereocenters. The number of benzene rings is 1. The number of halogens is 2. The Bertz CT molecular complexity index is 349. The summed E-state index contributed by atoms with van der Waals surface area (Å²) in [5.41, 5.74) is 0.999. The predicted octanol–water partition coefficient (Wildman–Crippen LogP) is 2.47. The lowest BCUT2D eigenvalue weighted by Crippen LogP contribution is -2.36. The van der Waals surface area contributed by atoms with Crippen LogP contribution in [0.4, 0.5) is 4.39 Å². The van der Waals surface area contributed by atoms with Crippen molar-refractivity contribution < 1.29 is 4.39 Å². The van der Waals surface area contributed by atoms with Gasteiger partial charge in [-0.05, 0) is 24.6 Å². The van der Waals surface area contributed by atoms with Crippen molar-refractivity contribution in [2.24, 2.45) is 4.99 Å². The van der Waals surface area contributed by atoms with Gasteiger partial charge in [-0.15, -0.1) is 24.0 Å². The fourth-order valence-corrected chi connectivity index (χ4v) is 1.27. The summed E-state index contributed by atoms with van der Waals surface area (Å²) in [7, 11) is 3.87. The quantitative estimate of drug-likeness (QED) is 0.515. The zero-order chi connectivity index (χ0) is 12.0. The highest BCUT2D eigenvalue weighted by Crippen LogP contribution is 2.04. The Balaban J connectivity index is 0.00000256. The maximum absolute atomic E-state index is 12.7. The van der Waals surface area contributed by atoms with Gasteiger partial charge in [0.15, 0.2) is 5.96 Å². The average molecular weight is 351 g/mol. The van der Waals surface area contributed by atoms with Gasteiger partial charge < -0.3 is 10.2 Å². The standard InChI is InChI=1S/C12H18FN3.HI/c1-4-14-12(16(2)3)15-9-10-5-7-11(13)8-6-10;/h5-8H,4,9H2,1-3H3,(H,14,15);1H. The minimum atomic E-state index is -0.216. The summed E-state index contributed by atoms with van der Waals surface area (Å²) >= 11 is 0. The van der Waals surface area contributed by atoms with Crippen molar-refractivity contribution in [3.8, 4) is 0 Å². The van der Waals surface area contributed by atoms with Crippen molar-refractivity contribution in [2.45, 2.75) is 13.5 Å². The molecule has 1 aromatic rings. The molecule has 0 fully saturated rings. The van der Waals surface area contributed by atoms with E-state index < -0.39 is 0 Å². The number of rotatable bonds is 3. The van der Waals surface area contributed by atoms with E-state index >= 15 is 0 Å². The lowest BCUT2D eigenvalue weighted by Gasteiger charge is -2.16. The van der Waals surface area contributed by atoms with E-state index in [1.54, 1.807) is 12.1 Å². The van der Waals surface area contributed by atoms with Crippen LogP contribution < -0.4 is 5.32 Å². The second-order valence-electron chi connectivity index (χ2n) is 3.69. The third-order valence-electron chi connectivity index (χ3n) is 2.08. The van der Waals surface area contributed by atoms with Crippen LogP contribution in [0.1, 0.15) is 12.5 Å². The Morgan fingerprint density at radius 3 is 2.35 bits per heavy atom. The zero-order valence-corrected chi connectivity index (χ0v) is 12.7. The summed E-state index contributed by atoms with van der Waals surface area (Å²) in [4.78, 5) is 6.35. The van der Waals surface area contributed by atoms with Crippen molar-refractivity contribution in [1.82, 2.24) is 10.2 Å². The fraction of sp³-hybridized carbons (Fsp3) is 0.417. The van der Waals surface area contributed by atoms with Gasteiger partial charge in [-0.25, -0.2) is 9.38 Å². The summed E-state index contributed by atoms with van der Waals surface area (Å²) in [5, 5.41) is 3.17. The van der Waals surface area contributed by atoms with Gasteiger partial charge in [-0.2, -0.15) is 0 Å². The largest absolute Gasteiger partial charge is 0.357 e. The predicted molar refractivity (Wildman–Crippen MR) is 80.3 cm³/mol. The molecule has 0 radical (unpaired) electrons. The molecule has 0 spiro atoms. The first-order chi connectivity index (χ1) is 7.63. The lowest BCUT2D eigenvalue weighted by molar-refractivity contribution is 0.583. The van der Waals surface area contributed by atoms with Crippen LogP contribution in [0, 0.1) is 5.82 Å². The molecule has 96 valence electrons. The molecule has 0 aliphatic carbocycles. The normalized spacial score (nSPS) is 10.7. The minimum absolute atomic E-state index is 0. The first-order valence-electron chi connectivity index (χ1n) is 5.33. The van der Waals surface area contributed by atoms with Crippen LogP contribution >= 0.6 is 24.0 Å².